The molecule has 0 aromatic rings. The number of carbonyl (C=O) groups is 2. The second-order valence-electron chi connectivity index (χ2n) is 13.0. The standard InChI is InChI=1S/C27H39NO4/c1-15(2)21-9-17-11-25(14-29)20-8-7-16(3)19(20)13-26(17,27(21,25)23(30)31)22-10-18(32-28-22)12-24(4,5)6/h9,14-20H,7-8,10-13H2,1-6H3,(H,30,31)/t16-,17+,18?,19-,20-,25+,26-,27+/m1/s1. The van der Waals surface area contributed by atoms with Crippen LogP contribution in [0.1, 0.15) is 80.1 Å². The van der Waals surface area contributed by atoms with Gasteiger partial charge in [-0.3, -0.25) is 4.79 Å². The van der Waals surface area contributed by atoms with Crippen LogP contribution in [-0.4, -0.2) is 29.2 Å². The maximum Gasteiger partial charge on any atom is 0.315 e. The lowest BCUT2D eigenvalue weighted by atomic mass is 9.41. The second kappa shape index (κ2) is 6.70. The molecule has 0 amide bonds. The molecule has 176 valence electrons. The predicted molar refractivity (Wildman–Crippen MR) is 123 cm³/mol. The normalized spacial score (nSPS) is 46.7. The third kappa shape index (κ3) is 2.38. The van der Waals surface area contributed by atoms with E-state index in [9.17, 15) is 14.7 Å². The van der Waals surface area contributed by atoms with Gasteiger partial charge in [0.2, 0.25) is 0 Å². The van der Waals surface area contributed by atoms with Crippen LogP contribution in [0.3, 0.4) is 0 Å². The van der Waals surface area contributed by atoms with Gasteiger partial charge in [-0.25, -0.2) is 0 Å². The summed E-state index contributed by atoms with van der Waals surface area (Å²) in [4.78, 5) is 32.6. The number of hydrogen-bond donors (Lipinski definition) is 1. The molecule has 0 spiro atoms. The summed E-state index contributed by atoms with van der Waals surface area (Å²) >= 11 is 0. The van der Waals surface area contributed by atoms with Gasteiger partial charge < -0.3 is 14.7 Å². The zero-order valence-electron chi connectivity index (χ0n) is 20.5. The molecule has 0 saturated heterocycles. The Bertz CT molecular complexity index is 913. The van der Waals surface area contributed by atoms with Gasteiger partial charge in [-0.15, -0.1) is 0 Å². The van der Waals surface area contributed by atoms with Gasteiger partial charge in [-0.1, -0.05) is 64.8 Å². The number of nitrogens with zero attached hydrogens (tertiary/aromatic N) is 1. The molecule has 0 radical (unpaired) electrons. The van der Waals surface area contributed by atoms with E-state index in [4.69, 9.17) is 4.84 Å². The van der Waals surface area contributed by atoms with Crippen LogP contribution in [0.15, 0.2) is 16.8 Å². The number of carboxylic acid groups (broad SMARTS) is 1. The minimum atomic E-state index is -1.19. The van der Waals surface area contributed by atoms with Crippen LogP contribution in [0.4, 0.5) is 0 Å². The van der Waals surface area contributed by atoms with Gasteiger partial charge in [0.15, 0.2) is 0 Å². The summed E-state index contributed by atoms with van der Waals surface area (Å²) in [5.74, 6) is 0.359. The smallest absolute Gasteiger partial charge is 0.315 e. The first-order chi connectivity index (χ1) is 14.9. The van der Waals surface area contributed by atoms with E-state index in [1.165, 1.54) is 0 Å². The molecule has 1 unspecified atom stereocenters. The third-order valence-electron chi connectivity index (χ3n) is 10.0. The minimum absolute atomic E-state index is 0.0166. The monoisotopic (exact) mass is 441 g/mol. The van der Waals surface area contributed by atoms with Crippen LogP contribution in [0.5, 0.6) is 0 Å². The Morgan fingerprint density at radius 3 is 2.62 bits per heavy atom. The van der Waals surface area contributed by atoms with Gasteiger partial charge in [0.1, 0.15) is 17.8 Å². The number of aliphatic carboxylic acids is 1. The Hall–Kier alpha value is -1.65. The summed E-state index contributed by atoms with van der Waals surface area (Å²) in [6.45, 7) is 13.1. The number of carbonyl (C=O) groups excluding carboxylic acids is 1. The molecule has 1 N–H and O–H groups in total. The van der Waals surface area contributed by atoms with E-state index in [-0.39, 0.29) is 29.3 Å². The van der Waals surface area contributed by atoms with Crippen molar-refractivity contribution in [1.29, 1.82) is 0 Å². The maximum absolute atomic E-state index is 13.5. The van der Waals surface area contributed by atoms with E-state index < -0.39 is 22.2 Å². The third-order valence-corrected chi connectivity index (χ3v) is 10.0. The van der Waals surface area contributed by atoms with E-state index in [0.29, 0.717) is 24.7 Å². The molecule has 1 aliphatic heterocycles. The molecular formula is C27H39NO4. The molecule has 3 fully saturated rings. The summed E-state index contributed by atoms with van der Waals surface area (Å²) in [7, 11) is 0. The molecule has 4 aliphatic carbocycles. The Labute approximate surface area is 192 Å². The van der Waals surface area contributed by atoms with Crippen molar-refractivity contribution in [3.05, 3.63) is 11.6 Å². The summed E-state index contributed by atoms with van der Waals surface area (Å²) in [5, 5.41) is 15.7. The highest BCUT2D eigenvalue weighted by molar-refractivity contribution is 6.03. The van der Waals surface area contributed by atoms with Crippen LogP contribution in [0.2, 0.25) is 0 Å². The molecule has 8 atom stereocenters. The van der Waals surface area contributed by atoms with Gasteiger partial charge in [0.05, 0.1) is 11.1 Å². The second-order valence-corrected chi connectivity index (χ2v) is 13.0. The van der Waals surface area contributed by atoms with Crippen molar-refractivity contribution >= 4 is 18.0 Å². The van der Waals surface area contributed by atoms with Gasteiger partial charge in [0.25, 0.3) is 0 Å². The zero-order chi connectivity index (χ0) is 23.3. The molecule has 5 heteroatoms. The van der Waals surface area contributed by atoms with Crippen molar-refractivity contribution < 1.29 is 19.5 Å². The van der Waals surface area contributed by atoms with Crippen LogP contribution >= 0.6 is 0 Å². The molecule has 0 aromatic heterocycles. The van der Waals surface area contributed by atoms with Gasteiger partial charge >= 0.3 is 5.97 Å². The first kappa shape index (κ1) is 22.2. The van der Waals surface area contributed by atoms with E-state index in [0.717, 1.165) is 43.3 Å². The van der Waals surface area contributed by atoms with E-state index in [1.54, 1.807) is 0 Å². The van der Waals surface area contributed by atoms with Gasteiger partial charge in [0, 0.05) is 11.8 Å². The summed E-state index contributed by atoms with van der Waals surface area (Å²) in [6.07, 6.45) is 8.39. The van der Waals surface area contributed by atoms with Crippen molar-refractivity contribution in [2.45, 2.75) is 86.2 Å². The first-order valence-corrected chi connectivity index (χ1v) is 12.6. The summed E-state index contributed by atoms with van der Waals surface area (Å²) < 4.78 is 0. The van der Waals surface area contributed by atoms with Crippen molar-refractivity contribution in [3.63, 3.8) is 0 Å². The molecule has 4 bridgehead atoms. The molecule has 5 nitrogen and oxygen atoms in total. The number of aldehydes is 1. The van der Waals surface area contributed by atoms with Crippen molar-refractivity contribution in [2.75, 3.05) is 0 Å². The first-order valence-electron chi connectivity index (χ1n) is 12.6. The molecule has 5 aliphatic rings. The number of fused-ring (bicyclic) bond motifs is 2. The fraction of sp³-hybridized carbons (Fsp3) is 0.815. The predicted octanol–water partition coefficient (Wildman–Crippen LogP) is 5.49. The summed E-state index contributed by atoms with van der Waals surface area (Å²) in [6, 6.07) is 0. The maximum atomic E-state index is 13.5. The van der Waals surface area contributed by atoms with E-state index in [1.807, 2.05) is 0 Å². The van der Waals surface area contributed by atoms with Crippen LogP contribution in [0, 0.1) is 51.2 Å². The Morgan fingerprint density at radius 1 is 1.31 bits per heavy atom. The number of rotatable bonds is 5. The number of allylic oxidation sites excluding steroid dienone is 1. The molecule has 1 heterocycles. The Balaban J connectivity index is 1.69. The quantitative estimate of drug-likeness (QED) is 0.452. The SMILES string of the molecule is CC(C)C1=C[C@H]2C[C@]3(C=O)[C@@H]4CC[C@@H](C)[C@H]4C[C@@]2(C2=NOC(CC(C)(C)C)C2)[C@]13C(=O)O. The highest BCUT2D eigenvalue weighted by atomic mass is 16.6. The lowest BCUT2D eigenvalue weighted by molar-refractivity contribution is -0.173. The number of carboxylic acids is 1. The Morgan fingerprint density at radius 2 is 2.03 bits per heavy atom. The highest BCUT2D eigenvalue weighted by Gasteiger charge is 2.85. The van der Waals surface area contributed by atoms with E-state index >= 15 is 0 Å². The van der Waals surface area contributed by atoms with Gasteiger partial charge in [-0.2, -0.15) is 0 Å². The highest BCUT2D eigenvalue weighted by Crippen LogP contribution is 2.83. The molecule has 5 rings (SSSR count). The molecule has 32 heavy (non-hydrogen) atoms. The van der Waals surface area contributed by atoms with Crippen LogP contribution in [-0.2, 0) is 14.4 Å². The summed E-state index contributed by atoms with van der Waals surface area (Å²) in [5.41, 5.74) is -0.662. The van der Waals surface area contributed by atoms with Crippen molar-refractivity contribution in [1.82, 2.24) is 0 Å². The number of hydrogen-bond acceptors (Lipinski definition) is 4. The largest absolute Gasteiger partial charge is 0.481 e. The topological polar surface area (TPSA) is 76.0 Å². The lowest BCUT2D eigenvalue weighted by Gasteiger charge is -2.58. The van der Waals surface area contributed by atoms with Crippen LogP contribution < -0.4 is 0 Å². The van der Waals surface area contributed by atoms with Crippen molar-refractivity contribution in [2.24, 2.45) is 56.4 Å². The lowest BCUT2D eigenvalue weighted by Crippen LogP contribution is -2.64. The van der Waals surface area contributed by atoms with E-state index in [2.05, 4.69) is 52.8 Å². The minimum Gasteiger partial charge on any atom is -0.481 e. The molecular weight excluding hydrogens is 402 g/mol. The van der Waals surface area contributed by atoms with Crippen LogP contribution in [0.25, 0.3) is 0 Å². The molecule has 0 aromatic carbocycles. The van der Waals surface area contributed by atoms with Gasteiger partial charge in [-0.05, 0) is 60.7 Å². The Kier molecular flexibility index (Phi) is 4.64. The fourth-order valence-electron chi connectivity index (χ4n) is 9.21. The average molecular weight is 442 g/mol. The average Bonchev–Trinajstić information content (AvgIpc) is 3.41. The van der Waals surface area contributed by atoms with Crippen molar-refractivity contribution in [3.8, 4) is 0 Å². The zero-order valence-corrected chi connectivity index (χ0v) is 20.5. The molecule has 3 saturated carbocycles. The number of oxime groups is 1. The fourth-order valence-corrected chi connectivity index (χ4v) is 9.21.